The highest BCUT2D eigenvalue weighted by Gasteiger charge is 2.22. The van der Waals surface area contributed by atoms with E-state index in [4.69, 9.17) is 18.9 Å². The van der Waals surface area contributed by atoms with E-state index in [1.54, 1.807) is 18.2 Å². The first-order chi connectivity index (χ1) is 8.33. The second-order valence-corrected chi connectivity index (χ2v) is 3.96. The molecular formula is C12H12O5. The molecule has 1 atom stereocenters. The molecule has 1 aromatic rings. The lowest BCUT2D eigenvalue weighted by molar-refractivity contribution is 0.0270. The molecule has 0 saturated carbocycles. The Kier molecular flexibility index (Phi) is 2.60. The first kappa shape index (κ1) is 10.4. The molecular weight excluding hydrogens is 224 g/mol. The zero-order valence-corrected chi connectivity index (χ0v) is 9.18. The van der Waals surface area contributed by atoms with Crippen LogP contribution in [0.4, 0.5) is 0 Å². The molecule has 0 amide bonds. The highest BCUT2D eigenvalue weighted by molar-refractivity contribution is 5.90. The monoisotopic (exact) mass is 236 g/mol. The predicted octanol–water partition coefficient (Wildman–Crippen LogP) is 1.36. The molecule has 0 aliphatic carbocycles. The van der Waals surface area contributed by atoms with Crippen LogP contribution >= 0.6 is 0 Å². The minimum atomic E-state index is -0.348. The number of ether oxygens (including phenoxy) is 4. The van der Waals surface area contributed by atoms with Crippen molar-refractivity contribution in [3.05, 3.63) is 23.8 Å². The normalized spacial score (nSPS) is 21.5. The third kappa shape index (κ3) is 2.06. The first-order valence-corrected chi connectivity index (χ1v) is 5.51. The van der Waals surface area contributed by atoms with Crippen LogP contribution in [0.2, 0.25) is 0 Å². The van der Waals surface area contributed by atoms with Crippen molar-refractivity contribution < 1.29 is 23.7 Å². The molecule has 0 N–H and O–H groups in total. The number of benzene rings is 1. The second-order valence-electron chi connectivity index (χ2n) is 3.96. The van der Waals surface area contributed by atoms with Crippen molar-refractivity contribution in [3.8, 4) is 11.5 Å². The van der Waals surface area contributed by atoms with Crippen LogP contribution in [-0.2, 0) is 9.47 Å². The maximum absolute atomic E-state index is 11.8. The molecule has 5 heteroatoms. The van der Waals surface area contributed by atoms with Gasteiger partial charge >= 0.3 is 5.97 Å². The second kappa shape index (κ2) is 4.25. The van der Waals surface area contributed by atoms with E-state index in [-0.39, 0.29) is 18.9 Å². The van der Waals surface area contributed by atoms with E-state index < -0.39 is 0 Å². The topological polar surface area (TPSA) is 54.0 Å². The Morgan fingerprint density at radius 1 is 1.29 bits per heavy atom. The van der Waals surface area contributed by atoms with Crippen molar-refractivity contribution >= 4 is 5.97 Å². The van der Waals surface area contributed by atoms with Gasteiger partial charge in [-0.1, -0.05) is 0 Å². The van der Waals surface area contributed by atoms with Crippen LogP contribution in [0, 0.1) is 0 Å². The van der Waals surface area contributed by atoms with E-state index in [9.17, 15) is 4.79 Å². The summed E-state index contributed by atoms with van der Waals surface area (Å²) >= 11 is 0. The average Bonchev–Trinajstić information content (AvgIpc) is 2.97. The fourth-order valence-corrected chi connectivity index (χ4v) is 1.85. The summed E-state index contributed by atoms with van der Waals surface area (Å²) in [5, 5.41) is 0. The summed E-state index contributed by atoms with van der Waals surface area (Å²) in [6.45, 7) is 1.33. The van der Waals surface area contributed by atoms with Crippen LogP contribution in [0.25, 0.3) is 0 Å². The Balaban J connectivity index is 1.72. The van der Waals surface area contributed by atoms with E-state index >= 15 is 0 Å². The molecule has 1 saturated heterocycles. The lowest BCUT2D eigenvalue weighted by Crippen LogP contribution is -2.18. The van der Waals surface area contributed by atoms with Crippen LogP contribution in [0.5, 0.6) is 11.5 Å². The molecule has 2 heterocycles. The standard InChI is InChI=1S/C12H12O5/c13-12(17-9-3-4-14-6-9)8-1-2-10-11(5-8)16-7-15-10/h1-2,5,9H,3-4,6-7H2. The Morgan fingerprint density at radius 3 is 3.00 bits per heavy atom. The molecule has 2 aliphatic rings. The summed E-state index contributed by atoms with van der Waals surface area (Å²) in [4.78, 5) is 11.8. The van der Waals surface area contributed by atoms with Gasteiger partial charge in [-0.2, -0.15) is 0 Å². The van der Waals surface area contributed by atoms with Crippen LogP contribution in [-0.4, -0.2) is 32.1 Å². The molecule has 1 unspecified atom stereocenters. The molecule has 5 nitrogen and oxygen atoms in total. The number of hydrogen-bond donors (Lipinski definition) is 0. The van der Waals surface area contributed by atoms with E-state index in [2.05, 4.69) is 0 Å². The van der Waals surface area contributed by atoms with Crippen molar-refractivity contribution in [2.45, 2.75) is 12.5 Å². The summed E-state index contributed by atoms with van der Waals surface area (Å²) in [5.74, 6) is 0.895. The average molecular weight is 236 g/mol. The van der Waals surface area contributed by atoms with Gasteiger partial charge in [0.05, 0.1) is 18.8 Å². The van der Waals surface area contributed by atoms with Gasteiger partial charge < -0.3 is 18.9 Å². The molecule has 2 aliphatic heterocycles. The number of rotatable bonds is 2. The van der Waals surface area contributed by atoms with E-state index in [1.807, 2.05) is 0 Å². The van der Waals surface area contributed by atoms with Crippen molar-refractivity contribution in [1.29, 1.82) is 0 Å². The van der Waals surface area contributed by atoms with Gasteiger partial charge in [-0.15, -0.1) is 0 Å². The number of fused-ring (bicyclic) bond motifs is 1. The van der Waals surface area contributed by atoms with E-state index in [1.165, 1.54) is 0 Å². The lowest BCUT2D eigenvalue weighted by atomic mass is 10.2. The van der Waals surface area contributed by atoms with Gasteiger partial charge in [-0.05, 0) is 18.2 Å². The zero-order valence-electron chi connectivity index (χ0n) is 9.18. The molecule has 1 aromatic carbocycles. The molecule has 17 heavy (non-hydrogen) atoms. The van der Waals surface area contributed by atoms with Gasteiger partial charge in [0.2, 0.25) is 6.79 Å². The van der Waals surface area contributed by atoms with E-state index in [0.717, 1.165) is 6.42 Å². The highest BCUT2D eigenvalue weighted by Crippen LogP contribution is 2.32. The fraction of sp³-hybridized carbons (Fsp3) is 0.417. The molecule has 1 fully saturated rings. The Morgan fingerprint density at radius 2 is 2.18 bits per heavy atom. The van der Waals surface area contributed by atoms with Crippen LogP contribution in [0.15, 0.2) is 18.2 Å². The minimum absolute atomic E-state index is 0.132. The van der Waals surface area contributed by atoms with Gasteiger partial charge in [0.25, 0.3) is 0 Å². The predicted molar refractivity (Wildman–Crippen MR) is 57.2 cm³/mol. The maximum atomic E-state index is 11.8. The number of hydrogen-bond acceptors (Lipinski definition) is 5. The van der Waals surface area contributed by atoms with E-state index in [0.29, 0.717) is 30.3 Å². The van der Waals surface area contributed by atoms with Gasteiger partial charge in [-0.3, -0.25) is 0 Å². The molecule has 0 bridgehead atoms. The summed E-state index contributed by atoms with van der Waals surface area (Å²) in [6.07, 6.45) is 0.629. The van der Waals surface area contributed by atoms with Crippen molar-refractivity contribution in [3.63, 3.8) is 0 Å². The molecule has 3 rings (SSSR count). The summed E-state index contributed by atoms with van der Waals surface area (Å²) in [5.41, 5.74) is 0.473. The Labute approximate surface area is 98.2 Å². The lowest BCUT2D eigenvalue weighted by Gasteiger charge is -2.10. The van der Waals surface area contributed by atoms with Crippen LogP contribution in [0.1, 0.15) is 16.8 Å². The van der Waals surface area contributed by atoms with Gasteiger partial charge in [0.1, 0.15) is 6.10 Å². The number of carbonyl (C=O) groups excluding carboxylic acids is 1. The summed E-state index contributed by atoms with van der Waals surface area (Å²) in [7, 11) is 0. The third-order valence-electron chi connectivity index (χ3n) is 2.77. The maximum Gasteiger partial charge on any atom is 0.338 e. The molecule has 0 spiro atoms. The van der Waals surface area contributed by atoms with Crippen LogP contribution in [0.3, 0.4) is 0 Å². The smallest absolute Gasteiger partial charge is 0.338 e. The van der Waals surface area contributed by atoms with Crippen molar-refractivity contribution in [2.24, 2.45) is 0 Å². The van der Waals surface area contributed by atoms with Gasteiger partial charge in [-0.25, -0.2) is 4.79 Å². The Hall–Kier alpha value is -1.75. The minimum Gasteiger partial charge on any atom is -0.456 e. The largest absolute Gasteiger partial charge is 0.456 e. The van der Waals surface area contributed by atoms with Gasteiger partial charge in [0.15, 0.2) is 11.5 Å². The van der Waals surface area contributed by atoms with Gasteiger partial charge in [0, 0.05) is 6.42 Å². The highest BCUT2D eigenvalue weighted by atomic mass is 16.7. The van der Waals surface area contributed by atoms with Crippen molar-refractivity contribution in [2.75, 3.05) is 20.0 Å². The fourth-order valence-electron chi connectivity index (χ4n) is 1.85. The third-order valence-corrected chi connectivity index (χ3v) is 2.77. The Bertz CT molecular complexity index is 437. The summed E-state index contributed by atoms with van der Waals surface area (Å²) < 4.78 is 20.8. The quantitative estimate of drug-likeness (QED) is 0.726. The molecule has 0 aromatic heterocycles. The molecule has 90 valence electrons. The zero-order chi connectivity index (χ0) is 11.7. The number of esters is 1. The van der Waals surface area contributed by atoms with Crippen molar-refractivity contribution in [1.82, 2.24) is 0 Å². The number of carbonyl (C=O) groups is 1. The first-order valence-electron chi connectivity index (χ1n) is 5.51. The van der Waals surface area contributed by atoms with Crippen LogP contribution < -0.4 is 9.47 Å². The molecule has 0 radical (unpaired) electrons. The SMILES string of the molecule is O=C(OC1CCOC1)c1ccc2c(c1)OCO2. The summed E-state index contributed by atoms with van der Waals surface area (Å²) in [6, 6.07) is 5.02.